The molecule has 9 heteroatoms. The fraction of sp³-hybridized carbons (Fsp3) is 0.304. The zero-order chi connectivity index (χ0) is 23.6. The number of nitrogens with one attached hydrogen (secondary N) is 1. The molecule has 170 valence electrons. The van der Waals surface area contributed by atoms with Crippen molar-refractivity contribution in [2.45, 2.75) is 39.5 Å². The van der Waals surface area contributed by atoms with Crippen molar-refractivity contribution in [2.24, 2.45) is 0 Å². The lowest BCUT2D eigenvalue weighted by Gasteiger charge is -2.35. The van der Waals surface area contributed by atoms with Crippen molar-refractivity contribution >= 4 is 23.9 Å². The van der Waals surface area contributed by atoms with E-state index in [0.29, 0.717) is 16.1 Å². The van der Waals surface area contributed by atoms with E-state index in [1.165, 1.54) is 0 Å². The van der Waals surface area contributed by atoms with Crippen LogP contribution < -0.4 is 5.43 Å². The SMILES string of the molecule is CCOC(=O)C(C)(C(C)=O)N(NC(=O)OCc1ccccc1)C(=O)OCc1ccccc1. The van der Waals surface area contributed by atoms with E-state index >= 15 is 0 Å². The van der Waals surface area contributed by atoms with Crippen molar-refractivity contribution in [1.29, 1.82) is 0 Å². The number of benzene rings is 2. The summed E-state index contributed by atoms with van der Waals surface area (Å²) in [5.41, 5.74) is 1.37. The molecule has 0 bridgehead atoms. The van der Waals surface area contributed by atoms with Crippen LogP contribution in [-0.2, 0) is 37.0 Å². The van der Waals surface area contributed by atoms with Crippen molar-refractivity contribution in [3.63, 3.8) is 0 Å². The number of rotatable bonds is 8. The summed E-state index contributed by atoms with van der Waals surface area (Å²) in [4.78, 5) is 50.3. The molecule has 2 amide bonds. The van der Waals surface area contributed by atoms with Crippen molar-refractivity contribution in [2.75, 3.05) is 6.61 Å². The molecule has 0 radical (unpaired) electrons. The van der Waals surface area contributed by atoms with E-state index in [9.17, 15) is 19.2 Å². The average molecular weight is 442 g/mol. The molecule has 0 heterocycles. The number of amides is 2. The van der Waals surface area contributed by atoms with Crippen LogP contribution in [0.4, 0.5) is 9.59 Å². The zero-order valence-corrected chi connectivity index (χ0v) is 18.2. The summed E-state index contributed by atoms with van der Waals surface area (Å²) in [5, 5.41) is 0.504. The predicted molar refractivity (Wildman–Crippen MR) is 114 cm³/mol. The van der Waals surface area contributed by atoms with E-state index < -0.39 is 29.5 Å². The Bertz CT molecular complexity index is 934. The van der Waals surface area contributed by atoms with E-state index in [4.69, 9.17) is 14.2 Å². The Balaban J connectivity index is 2.21. The highest BCUT2D eigenvalue weighted by Crippen LogP contribution is 2.19. The highest BCUT2D eigenvalue weighted by Gasteiger charge is 2.50. The smallest absolute Gasteiger partial charge is 0.430 e. The maximum atomic E-state index is 12.9. The summed E-state index contributed by atoms with van der Waals surface area (Å²) < 4.78 is 15.3. The van der Waals surface area contributed by atoms with Gasteiger partial charge in [-0.2, -0.15) is 5.01 Å². The van der Waals surface area contributed by atoms with Gasteiger partial charge in [-0.05, 0) is 31.9 Å². The normalized spacial score (nSPS) is 12.1. The second kappa shape index (κ2) is 11.5. The molecular weight excluding hydrogens is 416 g/mol. The largest absolute Gasteiger partial charge is 0.464 e. The second-order valence-electron chi connectivity index (χ2n) is 6.90. The first kappa shape index (κ1) is 24.4. The van der Waals surface area contributed by atoms with Gasteiger partial charge in [0.25, 0.3) is 0 Å². The van der Waals surface area contributed by atoms with Crippen LogP contribution in [0.25, 0.3) is 0 Å². The third-order valence-corrected chi connectivity index (χ3v) is 4.61. The number of carbonyl (C=O) groups is 4. The first-order valence-electron chi connectivity index (χ1n) is 9.95. The topological polar surface area (TPSA) is 111 Å². The third kappa shape index (κ3) is 6.31. The summed E-state index contributed by atoms with van der Waals surface area (Å²) in [6.07, 6.45) is -2.18. The van der Waals surface area contributed by atoms with E-state index in [0.717, 1.165) is 13.8 Å². The molecule has 0 aliphatic rings. The van der Waals surface area contributed by atoms with Crippen LogP contribution in [0.15, 0.2) is 60.7 Å². The number of ether oxygens (including phenoxy) is 3. The monoisotopic (exact) mass is 442 g/mol. The molecule has 2 rings (SSSR count). The zero-order valence-electron chi connectivity index (χ0n) is 18.2. The van der Waals surface area contributed by atoms with Gasteiger partial charge in [-0.3, -0.25) is 4.79 Å². The molecule has 32 heavy (non-hydrogen) atoms. The molecular formula is C23H26N2O7. The molecule has 1 unspecified atom stereocenters. The summed E-state index contributed by atoms with van der Waals surface area (Å²) in [6, 6.07) is 17.6. The van der Waals surface area contributed by atoms with Gasteiger partial charge >= 0.3 is 18.2 Å². The minimum Gasteiger partial charge on any atom is -0.464 e. The van der Waals surface area contributed by atoms with Crippen LogP contribution in [-0.4, -0.2) is 41.1 Å². The second-order valence-corrected chi connectivity index (χ2v) is 6.90. The van der Waals surface area contributed by atoms with Gasteiger partial charge in [0, 0.05) is 0 Å². The van der Waals surface area contributed by atoms with Crippen LogP contribution in [0.2, 0.25) is 0 Å². The lowest BCUT2D eigenvalue weighted by molar-refractivity contribution is -0.161. The molecule has 0 aliphatic heterocycles. The fourth-order valence-electron chi connectivity index (χ4n) is 2.63. The Morgan fingerprint density at radius 2 is 1.34 bits per heavy atom. The van der Waals surface area contributed by atoms with Crippen molar-refractivity contribution < 1.29 is 33.4 Å². The number of Topliss-reactive ketones (excluding diaryl/α,β-unsaturated/α-hetero) is 1. The minimum absolute atomic E-state index is 0.0347. The fourth-order valence-corrected chi connectivity index (χ4v) is 2.63. The van der Waals surface area contributed by atoms with Gasteiger partial charge in [-0.15, -0.1) is 0 Å². The average Bonchev–Trinajstić information content (AvgIpc) is 2.80. The number of carbonyl (C=O) groups excluding carboxylic acids is 4. The Labute approximate surface area is 186 Å². The summed E-state index contributed by atoms with van der Waals surface area (Å²) >= 11 is 0. The number of nitrogens with zero attached hydrogens (tertiary/aromatic N) is 1. The lowest BCUT2D eigenvalue weighted by atomic mass is 9.97. The molecule has 0 saturated carbocycles. The molecule has 1 atom stereocenters. The molecule has 0 fully saturated rings. The molecule has 2 aromatic carbocycles. The summed E-state index contributed by atoms with van der Waals surface area (Å²) in [6.45, 7) is 3.55. The van der Waals surface area contributed by atoms with Gasteiger partial charge in [0.2, 0.25) is 5.54 Å². The van der Waals surface area contributed by atoms with E-state index in [-0.39, 0.29) is 19.8 Å². The molecule has 9 nitrogen and oxygen atoms in total. The number of hydrogen-bond donors (Lipinski definition) is 1. The van der Waals surface area contributed by atoms with Crippen LogP contribution in [0.1, 0.15) is 31.9 Å². The number of ketones is 1. The third-order valence-electron chi connectivity index (χ3n) is 4.61. The Morgan fingerprint density at radius 1 is 0.844 bits per heavy atom. The first-order chi connectivity index (χ1) is 15.3. The summed E-state index contributed by atoms with van der Waals surface area (Å²) in [5.74, 6) is -1.76. The van der Waals surface area contributed by atoms with Crippen molar-refractivity contribution in [3.8, 4) is 0 Å². The minimum atomic E-state index is -2.17. The maximum absolute atomic E-state index is 12.9. The van der Waals surface area contributed by atoms with E-state index in [1.54, 1.807) is 61.5 Å². The number of esters is 1. The van der Waals surface area contributed by atoms with Crippen LogP contribution in [0.5, 0.6) is 0 Å². The van der Waals surface area contributed by atoms with Crippen molar-refractivity contribution in [1.82, 2.24) is 10.4 Å². The van der Waals surface area contributed by atoms with E-state index in [1.807, 2.05) is 6.07 Å². The van der Waals surface area contributed by atoms with Gasteiger partial charge < -0.3 is 14.2 Å². The molecule has 1 N–H and O–H groups in total. The number of hydrazine groups is 1. The van der Waals surface area contributed by atoms with Crippen LogP contribution in [0.3, 0.4) is 0 Å². The van der Waals surface area contributed by atoms with Gasteiger partial charge in [-0.25, -0.2) is 19.8 Å². The van der Waals surface area contributed by atoms with Crippen molar-refractivity contribution in [3.05, 3.63) is 71.8 Å². The Kier molecular flexibility index (Phi) is 8.76. The van der Waals surface area contributed by atoms with Crippen LogP contribution >= 0.6 is 0 Å². The molecule has 0 saturated heterocycles. The molecule has 0 aromatic heterocycles. The highest BCUT2D eigenvalue weighted by atomic mass is 16.6. The Morgan fingerprint density at radius 3 is 1.81 bits per heavy atom. The van der Waals surface area contributed by atoms with Gasteiger partial charge in [-0.1, -0.05) is 60.7 Å². The maximum Gasteiger partial charge on any atom is 0.430 e. The van der Waals surface area contributed by atoms with E-state index in [2.05, 4.69) is 5.43 Å². The number of hydrogen-bond acceptors (Lipinski definition) is 7. The first-order valence-corrected chi connectivity index (χ1v) is 9.95. The van der Waals surface area contributed by atoms with Crippen LogP contribution in [0, 0.1) is 0 Å². The highest BCUT2D eigenvalue weighted by molar-refractivity contribution is 6.09. The van der Waals surface area contributed by atoms with Gasteiger partial charge in [0.1, 0.15) is 13.2 Å². The lowest BCUT2D eigenvalue weighted by Crippen LogP contribution is -2.66. The van der Waals surface area contributed by atoms with Gasteiger partial charge in [0.15, 0.2) is 5.78 Å². The molecule has 0 aliphatic carbocycles. The van der Waals surface area contributed by atoms with Gasteiger partial charge in [0.05, 0.1) is 6.61 Å². The summed E-state index contributed by atoms with van der Waals surface area (Å²) in [7, 11) is 0. The quantitative estimate of drug-likeness (QED) is 0.289. The Hall–Kier alpha value is -3.88. The molecule has 2 aromatic rings. The predicted octanol–water partition coefficient (Wildman–Crippen LogP) is 3.38. The standard InChI is InChI=1S/C23H26N2O7/c1-4-30-20(27)23(3,17(2)26)25(22(29)32-16-19-13-9-6-10-14-19)24-21(28)31-15-18-11-7-5-8-12-18/h5-14H,4,15-16H2,1-3H3,(H,24,28). The molecule has 0 spiro atoms.